The van der Waals surface area contributed by atoms with Crippen LogP contribution in [0.3, 0.4) is 0 Å². The SMILES string of the molecule is CC(C)(C)n1c([C@@H]2CCCN2C(=O)[O-])nc(C(F)(F)F)c1-c1ccc(-c2ccc(-c3cnc([C@@H]4CCCN4C(=O)OCc4ccccc4)[nH]3)cc2)cc1. The van der Waals surface area contributed by atoms with E-state index in [0.717, 1.165) is 45.7 Å². The van der Waals surface area contributed by atoms with E-state index in [1.54, 1.807) is 56.1 Å². The van der Waals surface area contributed by atoms with E-state index < -0.39 is 29.5 Å². The lowest BCUT2D eigenvalue weighted by Crippen LogP contribution is -2.42. The third-order valence-corrected chi connectivity index (χ3v) is 9.92. The van der Waals surface area contributed by atoms with Gasteiger partial charge in [0, 0.05) is 24.2 Å². The molecule has 0 radical (unpaired) electrons. The number of halogens is 3. The number of benzene rings is 3. The molecule has 10 nitrogen and oxygen atoms in total. The maximum Gasteiger partial charge on any atom is 0.435 e. The number of nitrogens with zero attached hydrogens (tertiary/aromatic N) is 5. The molecular formula is C40H40F3N6O4-. The molecule has 4 heterocycles. The number of likely N-dealkylation sites (tertiary alicyclic amines) is 2. The average molecular weight is 726 g/mol. The predicted molar refractivity (Wildman–Crippen MR) is 190 cm³/mol. The minimum atomic E-state index is -4.77. The van der Waals surface area contributed by atoms with Gasteiger partial charge in [0.05, 0.1) is 29.7 Å². The first-order valence-electron chi connectivity index (χ1n) is 17.7. The Morgan fingerprint density at radius 1 is 0.830 bits per heavy atom. The van der Waals surface area contributed by atoms with Gasteiger partial charge in [-0.1, -0.05) is 78.9 Å². The van der Waals surface area contributed by atoms with Crippen molar-refractivity contribution < 1.29 is 32.6 Å². The molecule has 13 heteroatoms. The molecule has 2 atom stereocenters. The Morgan fingerprint density at radius 2 is 1.42 bits per heavy atom. The van der Waals surface area contributed by atoms with Gasteiger partial charge in [-0.15, -0.1) is 0 Å². The summed E-state index contributed by atoms with van der Waals surface area (Å²) in [5, 5.41) is 11.9. The van der Waals surface area contributed by atoms with Gasteiger partial charge in [-0.3, -0.25) is 4.90 Å². The lowest BCUT2D eigenvalue weighted by atomic mass is 9.99. The Kier molecular flexibility index (Phi) is 9.52. The number of ether oxygens (including phenoxy) is 1. The molecule has 2 saturated heterocycles. The summed E-state index contributed by atoms with van der Waals surface area (Å²) >= 11 is 0. The lowest BCUT2D eigenvalue weighted by Gasteiger charge is -2.32. The molecular weight excluding hydrogens is 685 g/mol. The molecule has 0 aliphatic carbocycles. The molecule has 2 amide bonds. The Balaban J connectivity index is 1.10. The van der Waals surface area contributed by atoms with Crippen molar-refractivity contribution in [3.05, 3.63) is 108 Å². The number of H-pyrrole nitrogens is 1. The maximum atomic E-state index is 14.6. The first kappa shape index (κ1) is 35.8. The van der Waals surface area contributed by atoms with Crippen LogP contribution >= 0.6 is 0 Å². The number of alkyl halides is 3. The molecule has 0 saturated carbocycles. The highest BCUT2D eigenvalue weighted by atomic mass is 19.4. The Bertz CT molecular complexity index is 2090. The number of aromatic amines is 1. The van der Waals surface area contributed by atoms with Crippen LogP contribution in [0.1, 0.15) is 81.4 Å². The fourth-order valence-corrected chi connectivity index (χ4v) is 7.44. The Labute approximate surface area is 305 Å². The second-order valence-electron chi connectivity index (χ2n) is 14.5. The zero-order valence-corrected chi connectivity index (χ0v) is 29.7. The van der Waals surface area contributed by atoms with Crippen molar-refractivity contribution in [3.8, 4) is 33.6 Å². The molecule has 2 fully saturated rings. The fraction of sp³-hybridized carbons (Fsp3) is 0.350. The quantitative estimate of drug-likeness (QED) is 0.180. The van der Waals surface area contributed by atoms with Crippen molar-refractivity contribution in [1.82, 2.24) is 29.3 Å². The number of carbonyl (C=O) groups is 2. The molecule has 0 bridgehead atoms. The minimum absolute atomic E-state index is 0.0618. The van der Waals surface area contributed by atoms with Gasteiger partial charge in [0.15, 0.2) is 5.69 Å². The topological polar surface area (TPSA) is 119 Å². The van der Waals surface area contributed by atoms with E-state index in [2.05, 4.69) is 15.0 Å². The Hall–Kier alpha value is -5.59. The fourth-order valence-electron chi connectivity index (χ4n) is 7.44. The summed E-state index contributed by atoms with van der Waals surface area (Å²) in [4.78, 5) is 39.7. The molecule has 7 rings (SSSR count). The van der Waals surface area contributed by atoms with E-state index in [1.807, 2.05) is 54.6 Å². The smallest absolute Gasteiger partial charge is 0.435 e. The minimum Gasteiger partial charge on any atom is -0.530 e. The highest BCUT2D eigenvalue weighted by Crippen LogP contribution is 2.44. The largest absolute Gasteiger partial charge is 0.530 e. The average Bonchev–Trinajstić information content (AvgIpc) is 3.96. The molecule has 5 aromatic rings. The van der Waals surface area contributed by atoms with E-state index in [9.17, 15) is 27.9 Å². The van der Waals surface area contributed by atoms with Gasteiger partial charge < -0.3 is 29.1 Å². The van der Waals surface area contributed by atoms with Gasteiger partial charge >= 0.3 is 12.3 Å². The molecule has 3 aromatic carbocycles. The summed E-state index contributed by atoms with van der Waals surface area (Å²) in [7, 11) is 0. The highest BCUT2D eigenvalue weighted by Gasteiger charge is 2.44. The summed E-state index contributed by atoms with van der Waals surface area (Å²) in [5.74, 6) is 0.747. The van der Waals surface area contributed by atoms with Crippen LogP contribution in [-0.4, -0.2) is 54.6 Å². The third kappa shape index (κ3) is 7.24. The van der Waals surface area contributed by atoms with Gasteiger partial charge in [-0.25, -0.2) is 14.8 Å². The second kappa shape index (κ2) is 14.1. The molecule has 0 spiro atoms. The zero-order valence-electron chi connectivity index (χ0n) is 29.7. The number of carboxylic acid groups (broad SMARTS) is 1. The van der Waals surface area contributed by atoms with E-state index in [4.69, 9.17) is 4.74 Å². The van der Waals surface area contributed by atoms with Crippen molar-refractivity contribution in [2.45, 2.75) is 76.9 Å². The highest BCUT2D eigenvalue weighted by molar-refractivity contribution is 5.73. The number of hydrogen-bond acceptors (Lipinski definition) is 6. The number of hydrogen-bond donors (Lipinski definition) is 1. The van der Waals surface area contributed by atoms with Crippen LogP contribution in [0.2, 0.25) is 0 Å². The van der Waals surface area contributed by atoms with E-state index >= 15 is 0 Å². The standard InChI is InChI=1S/C40H41F3N6O4/c1-39(2,3)49-33(34(40(41,42)43)46-36(49)32-12-8-21-47(32)37(50)51)29-19-15-27(16-20-29)26-13-17-28(18-14-26)30-23-44-35(45-30)31-11-7-22-48(31)38(52)53-24-25-9-5-4-6-10-25/h4-6,9-10,13-20,23,31-32H,7-8,11-12,21-22,24H2,1-3H3,(H,44,45)(H,50,51)/p-1/t31-,32-/m0/s1. The Morgan fingerprint density at radius 3 is 2.02 bits per heavy atom. The van der Waals surface area contributed by atoms with Crippen molar-refractivity contribution >= 4 is 12.2 Å². The number of carbonyl (C=O) groups excluding carboxylic acids is 2. The molecule has 0 unspecified atom stereocenters. The maximum absolute atomic E-state index is 14.6. The summed E-state index contributed by atoms with van der Waals surface area (Å²) in [6.45, 7) is 6.31. The number of aromatic nitrogens is 4. The number of imidazole rings is 2. The second-order valence-corrected chi connectivity index (χ2v) is 14.5. The van der Waals surface area contributed by atoms with Crippen LogP contribution in [0.5, 0.6) is 0 Å². The van der Waals surface area contributed by atoms with Crippen LogP contribution in [0, 0.1) is 0 Å². The summed E-state index contributed by atoms with van der Waals surface area (Å²) in [6, 6.07) is 23.1. The predicted octanol–water partition coefficient (Wildman–Crippen LogP) is 8.33. The van der Waals surface area contributed by atoms with Crippen molar-refractivity contribution in [3.63, 3.8) is 0 Å². The normalized spacial score (nSPS) is 17.8. The van der Waals surface area contributed by atoms with Crippen LogP contribution in [-0.2, 0) is 23.1 Å². The molecule has 53 heavy (non-hydrogen) atoms. The van der Waals surface area contributed by atoms with E-state index in [0.29, 0.717) is 30.8 Å². The van der Waals surface area contributed by atoms with Crippen molar-refractivity contribution in [1.29, 1.82) is 0 Å². The number of rotatable bonds is 7. The van der Waals surface area contributed by atoms with E-state index in [-0.39, 0.29) is 36.8 Å². The third-order valence-electron chi connectivity index (χ3n) is 9.92. The first-order valence-corrected chi connectivity index (χ1v) is 17.7. The van der Waals surface area contributed by atoms with Crippen molar-refractivity contribution in [2.24, 2.45) is 0 Å². The summed E-state index contributed by atoms with van der Waals surface area (Å²) in [5.41, 5.74) is 2.58. The lowest BCUT2D eigenvalue weighted by molar-refractivity contribution is -0.266. The van der Waals surface area contributed by atoms with Crippen LogP contribution in [0.25, 0.3) is 33.6 Å². The zero-order chi connectivity index (χ0) is 37.5. The van der Waals surface area contributed by atoms with E-state index in [1.165, 1.54) is 4.57 Å². The molecule has 2 aliphatic rings. The molecule has 1 N–H and O–H groups in total. The summed E-state index contributed by atoms with van der Waals surface area (Å²) < 4.78 is 50.8. The van der Waals surface area contributed by atoms with Crippen LogP contribution < -0.4 is 5.11 Å². The van der Waals surface area contributed by atoms with Gasteiger partial charge in [-0.2, -0.15) is 13.2 Å². The van der Waals surface area contributed by atoms with Gasteiger partial charge in [0.1, 0.15) is 24.3 Å². The molecule has 2 aromatic heterocycles. The summed E-state index contributed by atoms with van der Waals surface area (Å²) in [6.07, 6.45) is -2.36. The first-order chi connectivity index (χ1) is 25.3. The number of nitrogens with one attached hydrogen (secondary N) is 1. The molecule has 276 valence electrons. The molecule has 2 aliphatic heterocycles. The van der Waals surface area contributed by atoms with Gasteiger partial charge in [0.2, 0.25) is 0 Å². The van der Waals surface area contributed by atoms with Crippen molar-refractivity contribution in [2.75, 3.05) is 13.1 Å². The van der Waals surface area contributed by atoms with Crippen LogP contribution in [0.15, 0.2) is 85.1 Å². The van der Waals surface area contributed by atoms with Gasteiger partial charge in [-0.05, 0) is 68.7 Å². The monoisotopic (exact) mass is 725 g/mol. The number of amides is 2. The van der Waals surface area contributed by atoms with Gasteiger partial charge in [0.25, 0.3) is 0 Å². The van der Waals surface area contributed by atoms with Crippen LogP contribution in [0.4, 0.5) is 22.8 Å².